The standard InChI is InChI=1S/C22H16ClN5O3/c1-24-14-8-9-17-18(10-14)31-12-16(22(30)28(17)2)26-21(29)20-25-11-15(23)19(27-20)13-6-4-3-5-7-13/h3-11,16H,12H2,2H3,(H,26,29)/t16-/m0/s1. The van der Waals surface area contributed by atoms with E-state index in [9.17, 15) is 9.59 Å². The van der Waals surface area contributed by atoms with Gasteiger partial charge in [0.05, 0.1) is 29.2 Å². The van der Waals surface area contributed by atoms with Gasteiger partial charge in [-0.05, 0) is 12.1 Å². The molecule has 4 rings (SSSR count). The van der Waals surface area contributed by atoms with Crippen molar-refractivity contribution in [2.24, 2.45) is 0 Å². The molecule has 31 heavy (non-hydrogen) atoms. The Morgan fingerprint density at radius 3 is 2.81 bits per heavy atom. The van der Waals surface area contributed by atoms with E-state index in [0.717, 1.165) is 5.56 Å². The minimum absolute atomic E-state index is 0.0947. The van der Waals surface area contributed by atoms with Gasteiger partial charge in [-0.25, -0.2) is 14.8 Å². The summed E-state index contributed by atoms with van der Waals surface area (Å²) in [5.41, 5.74) is 2.07. The number of carbonyl (C=O) groups is 2. The summed E-state index contributed by atoms with van der Waals surface area (Å²) in [7, 11) is 1.58. The lowest BCUT2D eigenvalue weighted by Gasteiger charge is -2.20. The van der Waals surface area contributed by atoms with E-state index in [1.165, 1.54) is 11.1 Å². The van der Waals surface area contributed by atoms with Gasteiger partial charge < -0.3 is 15.0 Å². The Balaban J connectivity index is 1.57. The minimum Gasteiger partial charge on any atom is -0.490 e. The smallest absolute Gasteiger partial charge is 0.289 e. The number of benzene rings is 2. The third-order valence-electron chi connectivity index (χ3n) is 4.77. The Kier molecular flexibility index (Phi) is 5.52. The Morgan fingerprint density at radius 1 is 1.29 bits per heavy atom. The predicted molar refractivity (Wildman–Crippen MR) is 115 cm³/mol. The van der Waals surface area contributed by atoms with Gasteiger partial charge in [-0.15, -0.1) is 0 Å². The number of nitrogens with zero attached hydrogens (tertiary/aromatic N) is 4. The second-order valence-electron chi connectivity index (χ2n) is 6.75. The van der Waals surface area contributed by atoms with Gasteiger partial charge in [-0.2, -0.15) is 0 Å². The molecule has 0 fully saturated rings. The molecule has 0 unspecified atom stereocenters. The molecule has 0 saturated heterocycles. The first kappa shape index (κ1) is 20.3. The number of aromatic nitrogens is 2. The molecule has 0 radical (unpaired) electrons. The monoisotopic (exact) mass is 433 g/mol. The Hall–Kier alpha value is -3.96. The van der Waals surface area contributed by atoms with E-state index in [1.54, 1.807) is 25.2 Å². The molecule has 1 N–H and O–H groups in total. The molecule has 2 aromatic carbocycles. The normalized spacial score (nSPS) is 15.3. The quantitative estimate of drug-likeness (QED) is 0.638. The Labute approximate surface area is 183 Å². The summed E-state index contributed by atoms with van der Waals surface area (Å²) in [6.45, 7) is 7.04. The molecule has 154 valence electrons. The molecule has 1 aliphatic rings. The average Bonchev–Trinajstić information content (AvgIpc) is 2.91. The highest BCUT2D eigenvalue weighted by atomic mass is 35.5. The number of likely N-dealkylation sites (N-methyl/N-ethyl adjacent to an activating group) is 1. The first-order valence-corrected chi connectivity index (χ1v) is 9.66. The van der Waals surface area contributed by atoms with Crippen LogP contribution in [0.2, 0.25) is 5.02 Å². The molecule has 0 aliphatic carbocycles. The topological polar surface area (TPSA) is 88.8 Å². The number of carbonyl (C=O) groups excluding carboxylic acids is 2. The molecule has 0 bridgehead atoms. The molecule has 2 heterocycles. The molecule has 1 atom stereocenters. The van der Waals surface area contributed by atoms with E-state index < -0.39 is 11.9 Å². The van der Waals surface area contributed by atoms with Crippen LogP contribution in [-0.4, -0.2) is 41.5 Å². The molecule has 2 amide bonds. The maximum Gasteiger partial charge on any atom is 0.289 e. The molecule has 0 saturated carbocycles. The number of hydrogen-bond donors (Lipinski definition) is 1. The number of rotatable bonds is 3. The minimum atomic E-state index is -0.958. The van der Waals surface area contributed by atoms with Crippen molar-refractivity contribution >= 4 is 34.8 Å². The summed E-state index contributed by atoms with van der Waals surface area (Å²) in [6, 6.07) is 13.0. The van der Waals surface area contributed by atoms with Gasteiger partial charge in [-0.3, -0.25) is 9.59 Å². The summed E-state index contributed by atoms with van der Waals surface area (Å²) in [5, 5.41) is 2.94. The number of hydrogen-bond acceptors (Lipinski definition) is 5. The van der Waals surface area contributed by atoms with E-state index in [1.807, 2.05) is 30.3 Å². The molecule has 0 spiro atoms. The number of halogens is 1. The maximum absolute atomic E-state index is 12.9. The number of ether oxygens (including phenoxy) is 1. The Morgan fingerprint density at radius 2 is 2.06 bits per heavy atom. The van der Waals surface area contributed by atoms with Gasteiger partial charge in [0.25, 0.3) is 11.8 Å². The summed E-state index contributed by atoms with van der Waals surface area (Å²) >= 11 is 6.21. The third-order valence-corrected chi connectivity index (χ3v) is 5.04. The predicted octanol–water partition coefficient (Wildman–Crippen LogP) is 3.50. The zero-order valence-corrected chi connectivity index (χ0v) is 17.1. The van der Waals surface area contributed by atoms with Gasteiger partial charge >= 0.3 is 0 Å². The second kappa shape index (κ2) is 8.42. The van der Waals surface area contributed by atoms with Crippen LogP contribution in [0.15, 0.2) is 54.7 Å². The zero-order chi connectivity index (χ0) is 22.0. The van der Waals surface area contributed by atoms with Crippen molar-refractivity contribution in [3.8, 4) is 17.0 Å². The van der Waals surface area contributed by atoms with Crippen LogP contribution >= 0.6 is 11.6 Å². The van der Waals surface area contributed by atoms with Gasteiger partial charge in [0.1, 0.15) is 18.4 Å². The van der Waals surface area contributed by atoms with Crippen LogP contribution in [-0.2, 0) is 4.79 Å². The van der Waals surface area contributed by atoms with Crippen LogP contribution < -0.4 is 15.0 Å². The number of nitrogens with one attached hydrogen (secondary N) is 1. The molecule has 9 heteroatoms. The van der Waals surface area contributed by atoms with Gasteiger partial charge in [-0.1, -0.05) is 48.0 Å². The van der Waals surface area contributed by atoms with E-state index >= 15 is 0 Å². The van der Waals surface area contributed by atoms with Crippen molar-refractivity contribution in [1.29, 1.82) is 0 Å². The van der Waals surface area contributed by atoms with Crippen molar-refractivity contribution in [2.45, 2.75) is 6.04 Å². The average molecular weight is 434 g/mol. The lowest BCUT2D eigenvalue weighted by atomic mass is 10.1. The van der Waals surface area contributed by atoms with Crippen molar-refractivity contribution in [3.63, 3.8) is 0 Å². The van der Waals surface area contributed by atoms with Crippen LogP contribution in [0.3, 0.4) is 0 Å². The third kappa shape index (κ3) is 4.04. The van der Waals surface area contributed by atoms with Crippen molar-refractivity contribution in [3.05, 3.63) is 77.0 Å². The van der Waals surface area contributed by atoms with Gasteiger partial charge in [0.2, 0.25) is 5.82 Å². The summed E-state index contributed by atoms with van der Waals surface area (Å²) in [6.07, 6.45) is 1.35. The largest absolute Gasteiger partial charge is 0.490 e. The second-order valence-corrected chi connectivity index (χ2v) is 7.16. The molecule has 8 nitrogen and oxygen atoms in total. The highest BCUT2D eigenvalue weighted by molar-refractivity contribution is 6.32. The van der Waals surface area contributed by atoms with E-state index in [-0.39, 0.29) is 18.3 Å². The molecule has 3 aromatic rings. The summed E-state index contributed by atoms with van der Waals surface area (Å²) in [4.78, 5) is 38.7. The number of amides is 2. The molecular formula is C22H16ClN5O3. The fraction of sp³-hybridized carbons (Fsp3) is 0.136. The summed E-state index contributed by atoms with van der Waals surface area (Å²) < 4.78 is 5.71. The highest BCUT2D eigenvalue weighted by Crippen LogP contribution is 2.34. The van der Waals surface area contributed by atoms with Gasteiger partial charge in [0.15, 0.2) is 5.69 Å². The number of anilines is 1. The van der Waals surface area contributed by atoms with Crippen LogP contribution in [0, 0.1) is 6.57 Å². The van der Waals surface area contributed by atoms with Crippen molar-refractivity contribution in [2.75, 3.05) is 18.6 Å². The Bertz CT molecular complexity index is 1210. The van der Waals surface area contributed by atoms with E-state index in [0.29, 0.717) is 27.8 Å². The highest BCUT2D eigenvalue weighted by Gasteiger charge is 2.31. The van der Waals surface area contributed by atoms with Crippen molar-refractivity contribution < 1.29 is 14.3 Å². The van der Waals surface area contributed by atoms with E-state index in [2.05, 4.69) is 20.1 Å². The van der Waals surface area contributed by atoms with E-state index in [4.69, 9.17) is 22.9 Å². The maximum atomic E-state index is 12.9. The fourth-order valence-electron chi connectivity index (χ4n) is 3.16. The summed E-state index contributed by atoms with van der Waals surface area (Å²) in [5.74, 6) is -0.706. The molecular weight excluding hydrogens is 418 g/mol. The molecule has 1 aliphatic heterocycles. The van der Waals surface area contributed by atoms with Crippen molar-refractivity contribution in [1.82, 2.24) is 15.3 Å². The van der Waals surface area contributed by atoms with Crippen LogP contribution in [0.1, 0.15) is 10.6 Å². The first-order valence-electron chi connectivity index (χ1n) is 9.28. The lowest BCUT2D eigenvalue weighted by molar-refractivity contribution is -0.120. The van der Waals surface area contributed by atoms with Gasteiger partial charge in [0, 0.05) is 12.6 Å². The van der Waals surface area contributed by atoms with Crippen LogP contribution in [0.5, 0.6) is 5.75 Å². The van der Waals surface area contributed by atoms with Crippen LogP contribution in [0.4, 0.5) is 11.4 Å². The SMILES string of the molecule is [C-]#[N+]c1ccc2c(c1)OC[C@H](NC(=O)c1ncc(Cl)c(-c3ccccc3)n1)C(=O)N2C. The van der Waals surface area contributed by atoms with Crippen LogP contribution in [0.25, 0.3) is 16.1 Å². The zero-order valence-electron chi connectivity index (χ0n) is 16.4. The fourth-order valence-corrected chi connectivity index (χ4v) is 3.36. The number of fused-ring (bicyclic) bond motifs is 1. The lowest BCUT2D eigenvalue weighted by Crippen LogP contribution is -2.49. The molecule has 1 aromatic heterocycles. The first-order chi connectivity index (χ1) is 15.0.